The quantitative estimate of drug-likeness (QED) is 0.928. The SMILES string of the molecule is CN(Cc1ccco1)c1cc(C(F)(F)F)nc(N)n1. The first-order valence-corrected chi connectivity index (χ1v) is 5.31. The van der Waals surface area contributed by atoms with Gasteiger partial charge in [0.25, 0.3) is 0 Å². The number of halogens is 3. The van der Waals surface area contributed by atoms with Crippen molar-refractivity contribution in [1.29, 1.82) is 0 Å². The Labute approximate surface area is 106 Å². The van der Waals surface area contributed by atoms with Gasteiger partial charge in [-0.25, -0.2) is 4.98 Å². The van der Waals surface area contributed by atoms with Gasteiger partial charge in [0.05, 0.1) is 12.8 Å². The maximum absolute atomic E-state index is 12.6. The first kappa shape index (κ1) is 13.2. The molecule has 2 aromatic heterocycles. The monoisotopic (exact) mass is 272 g/mol. The highest BCUT2D eigenvalue weighted by Crippen LogP contribution is 2.30. The molecule has 0 amide bonds. The van der Waals surface area contributed by atoms with Crippen LogP contribution in [0.1, 0.15) is 11.5 Å². The number of aromatic nitrogens is 2. The van der Waals surface area contributed by atoms with Gasteiger partial charge >= 0.3 is 6.18 Å². The van der Waals surface area contributed by atoms with Gasteiger partial charge in [-0.3, -0.25) is 0 Å². The van der Waals surface area contributed by atoms with Crippen LogP contribution in [0.5, 0.6) is 0 Å². The number of hydrogen-bond donors (Lipinski definition) is 1. The van der Waals surface area contributed by atoms with Gasteiger partial charge < -0.3 is 15.1 Å². The Kier molecular flexibility index (Phi) is 3.32. The van der Waals surface area contributed by atoms with Gasteiger partial charge in [-0.05, 0) is 12.1 Å². The molecule has 0 saturated carbocycles. The number of alkyl halides is 3. The topological polar surface area (TPSA) is 68.2 Å². The van der Waals surface area contributed by atoms with Crippen LogP contribution in [0, 0.1) is 0 Å². The van der Waals surface area contributed by atoms with Crippen LogP contribution in [0.15, 0.2) is 28.9 Å². The summed E-state index contributed by atoms with van der Waals surface area (Å²) in [6.45, 7) is 0.279. The Morgan fingerprint density at radius 3 is 2.68 bits per heavy atom. The van der Waals surface area contributed by atoms with Crippen LogP contribution in [0.25, 0.3) is 0 Å². The van der Waals surface area contributed by atoms with E-state index in [0.29, 0.717) is 5.76 Å². The van der Waals surface area contributed by atoms with Crippen molar-refractivity contribution >= 4 is 11.8 Å². The molecule has 0 atom stereocenters. The molecule has 0 spiro atoms. The van der Waals surface area contributed by atoms with E-state index >= 15 is 0 Å². The van der Waals surface area contributed by atoms with Crippen LogP contribution in [0.2, 0.25) is 0 Å². The smallest absolute Gasteiger partial charge is 0.433 e. The molecule has 0 radical (unpaired) electrons. The molecule has 0 bridgehead atoms. The standard InChI is InChI=1S/C11H11F3N4O/c1-18(6-7-3-2-4-19-7)9-5-8(11(12,13)14)16-10(15)17-9/h2-5H,6H2,1H3,(H2,15,16,17). The minimum Gasteiger partial charge on any atom is -0.467 e. The van der Waals surface area contributed by atoms with Crippen LogP contribution in [0.4, 0.5) is 24.9 Å². The first-order chi connectivity index (χ1) is 8.86. The maximum Gasteiger partial charge on any atom is 0.433 e. The van der Waals surface area contributed by atoms with Crippen molar-refractivity contribution in [2.45, 2.75) is 12.7 Å². The molecule has 0 saturated heterocycles. The average Bonchev–Trinajstić information content (AvgIpc) is 2.79. The van der Waals surface area contributed by atoms with E-state index in [0.717, 1.165) is 6.07 Å². The minimum absolute atomic E-state index is 0.0798. The first-order valence-electron chi connectivity index (χ1n) is 5.31. The number of furan rings is 1. The van der Waals surface area contributed by atoms with Crippen LogP contribution in [-0.2, 0) is 12.7 Å². The maximum atomic E-state index is 12.6. The average molecular weight is 272 g/mol. The number of nitrogens with two attached hydrogens (primary N) is 1. The van der Waals surface area contributed by atoms with E-state index in [4.69, 9.17) is 10.2 Å². The molecule has 2 rings (SSSR count). The zero-order valence-corrected chi connectivity index (χ0v) is 9.98. The molecule has 0 aliphatic heterocycles. The van der Waals surface area contributed by atoms with Crippen LogP contribution in [-0.4, -0.2) is 17.0 Å². The van der Waals surface area contributed by atoms with E-state index in [2.05, 4.69) is 9.97 Å². The summed E-state index contributed by atoms with van der Waals surface area (Å²) < 4.78 is 42.9. The highest BCUT2D eigenvalue weighted by molar-refractivity contribution is 5.43. The number of rotatable bonds is 3. The highest BCUT2D eigenvalue weighted by atomic mass is 19.4. The van der Waals surface area contributed by atoms with Crippen molar-refractivity contribution in [3.05, 3.63) is 35.9 Å². The molecule has 2 aromatic rings. The second-order valence-electron chi connectivity index (χ2n) is 3.90. The number of anilines is 2. The summed E-state index contributed by atoms with van der Waals surface area (Å²) in [7, 11) is 1.59. The zero-order valence-electron chi connectivity index (χ0n) is 9.98. The van der Waals surface area contributed by atoms with E-state index in [1.807, 2.05) is 0 Å². The summed E-state index contributed by atoms with van der Waals surface area (Å²) in [4.78, 5) is 8.45. The predicted molar refractivity (Wildman–Crippen MR) is 62.3 cm³/mol. The summed E-state index contributed by atoms with van der Waals surface area (Å²) in [5.41, 5.74) is 4.23. The van der Waals surface area contributed by atoms with Gasteiger partial charge in [0.1, 0.15) is 11.6 Å². The number of nitrogen functional groups attached to an aromatic ring is 1. The lowest BCUT2D eigenvalue weighted by atomic mass is 10.3. The van der Waals surface area contributed by atoms with Crippen LogP contribution >= 0.6 is 0 Å². The summed E-state index contributed by atoms with van der Waals surface area (Å²) in [5.74, 6) is 0.264. The minimum atomic E-state index is -4.56. The summed E-state index contributed by atoms with van der Waals surface area (Å²) >= 11 is 0. The van der Waals surface area contributed by atoms with Gasteiger partial charge in [-0.15, -0.1) is 0 Å². The fraction of sp³-hybridized carbons (Fsp3) is 0.273. The Morgan fingerprint density at radius 1 is 1.37 bits per heavy atom. The highest BCUT2D eigenvalue weighted by Gasteiger charge is 2.33. The summed E-state index contributed by atoms with van der Waals surface area (Å²) in [6.07, 6.45) is -3.07. The summed E-state index contributed by atoms with van der Waals surface area (Å²) in [5, 5.41) is 0. The molecule has 0 aliphatic rings. The zero-order chi connectivity index (χ0) is 14.0. The fourth-order valence-corrected chi connectivity index (χ4v) is 1.51. The van der Waals surface area contributed by atoms with E-state index < -0.39 is 17.8 Å². The van der Waals surface area contributed by atoms with Crippen molar-refractivity contribution in [3.63, 3.8) is 0 Å². The predicted octanol–water partition coefficient (Wildman–Crippen LogP) is 2.31. The molecule has 102 valence electrons. The van der Waals surface area contributed by atoms with Crippen molar-refractivity contribution < 1.29 is 17.6 Å². The molecule has 5 nitrogen and oxygen atoms in total. The van der Waals surface area contributed by atoms with Crippen molar-refractivity contribution in [1.82, 2.24) is 9.97 Å². The van der Waals surface area contributed by atoms with Crippen LogP contribution in [0.3, 0.4) is 0 Å². The fourth-order valence-electron chi connectivity index (χ4n) is 1.51. The molecule has 0 unspecified atom stereocenters. The second kappa shape index (κ2) is 4.79. The molecule has 0 aliphatic carbocycles. The number of hydrogen-bond acceptors (Lipinski definition) is 5. The normalized spacial score (nSPS) is 11.6. The third-order valence-electron chi connectivity index (χ3n) is 2.38. The van der Waals surface area contributed by atoms with Gasteiger partial charge in [-0.1, -0.05) is 0 Å². The molecule has 2 heterocycles. The lowest BCUT2D eigenvalue weighted by Gasteiger charge is -2.18. The molecular formula is C11H11F3N4O. The van der Waals surface area contributed by atoms with Crippen molar-refractivity contribution in [2.75, 3.05) is 17.7 Å². The van der Waals surface area contributed by atoms with Gasteiger partial charge in [-0.2, -0.15) is 18.2 Å². The largest absolute Gasteiger partial charge is 0.467 e. The molecule has 19 heavy (non-hydrogen) atoms. The second-order valence-corrected chi connectivity index (χ2v) is 3.90. The number of nitrogens with zero attached hydrogens (tertiary/aromatic N) is 3. The van der Waals surface area contributed by atoms with Gasteiger partial charge in [0, 0.05) is 13.1 Å². The molecule has 0 aromatic carbocycles. The van der Waals surface area contributed by atoms with E-state index in [1.54, 1.807) is 19.2 Å². The Balaban J connectivity index is 2.26. The lowest BCUT2D eigenvalue weighted by Crippen LogP contribution is -2.20. The van der Waals surface area contributed by atoms with E-state index in [-0.39, 0.29) is 12.4 Å². The van der Waals surface area contributed by atoms with Crippen molar-refractivity contribution in [2.24, 2.45) is 0 Å². The molecule has 8 heteroatoms. The Hall–Kier alpha value is -2.25. The van der Waals surface area contributed by atoms with Crippen molar-refractivity contribution in [3.8, 4) is 0 Å². The Bertz CT molecular complexity index is 554. The van der Waals surface area contributed by atoms with Crippen LogP contribution < -0.4 is 10.6 Å². The summed E-state index contributed by atoms with van der Waals surface area (Å²) in [6, 6.07) is 4.25. The third kappa shape index (κ3) is 3.15. The molecule has 0 fully saturated rings. The van der Waals surface area contributed by atoms with Gasteiger partial charge in [0.2, 0.25) is 5.95 Å². The van der Waals surface area contributed by atoms with E-state index in [1.165, 1.54) is 11.2 Å². The molecular weight excluding hydrogens is 261 g/mol. The lowest BCUT2D eigenvalue weighted by molar-refractivity contribution is -0.141. The van der Waals surface area contributed by atoms with E-state index in [9.17, 15) is 13.2 Å². The van der Waals surface area contributed by atoms with Gasteiger partial charge in [0.15, 0.2) is 5.69 Å². The Morgan fingerprint density at radius 2 is 2.11 bits per heavy atom. The third-order valence-corrected chi connectivity index (χ3v) is 2.38. The molecule has 2 N–H and O–H groups in total.